The fraction of sp³-hybridized carbons (Fsp3) is 0.0500. The van der Waals surface area contributed by atoms with Crippen LogP contribution in [0, 0.1) is 0 Å². The number of hydrogen-bond acceptors (Lipinski definition) is 2. The quantitative estimate of drug-likeness (QED) is 0.628. The molecule has 0 unspecified atom stereocenters. The molecule has 4 heteroatoms. The molecule has 0 saturated heterocycles. The zero-order chi connectivity index (χ0) is 16.8. The minimum Gasteiger partial charge on any atom is -0.297 e. The van der Waals surface area contributed by atoms with Gasteiger partial charge in [-0.15, -0.1) is 0 Å². The van der Waals surface area contributed by atoms with Gasteiger partial charge in [-0.1, -0.05) is 72.8 Å². The third-order valence-electron chi connectivity index (χ3n) is 3.72. The summed E-state index contributed by atoms with van der Waals surface area (Å²) in [7, 11) is 0. The zero-order valence-electron chi connectivity index (χ0n) is 12.9. The normalized spacial score (nSPS) is 10.4. The Hall–Kier alpha value is -2.59. The summed E-state index contributed by atoms with van der Waals surface area (Å²) in [6.45, 7) is 0. The van der Waals surface area contributed by atoms with E-state index in [1.165, 1.54) is 0 Å². The first-order valence-corrected chi connectivity index (χ1v) is 8.45. The Labute approximate surface area is 149 Å². The maximum absolute atomic E-state index is 12.8. The number of hydrogen-bond donors (Lipinski definition) is 2. The highest BCUT2D eigenvalue weighted by atomic mass is 79.9. The van der Waals surface area contributed by atoms with Crippen molar-refractivity contribution in [1.29, 1.82) is 0 Å². The van der Waals surface area contributed by atoms with Crippen molar-refractivity contribution in [1.82, 2.24) is 5.43 Å². The van der Waals surface area contributed by atoms with E-state index in [1.54, 1.807) is 0 Å². The lowest BCUT2D eigenvalue weighted by Gasteiger charge is -2.19. The number of amides is 1. The summed E-state index contributed by atoms with van der Waals surface area (Å²) in [5.41, 5.74) is 8.52. The third kappa shape index (κ3) is 3.84. The highest BCUT2D eigenvalue weighted by molar-refractivity contribution is 9.10. The molecule has 0 spiro atoms. The third-order valence-corrected chi connectivity index (χ3v) is 4.41. The molecular weight excluding hydrogens is 364 g/mol. The second-order valence-corrected chi connectivity index (χ2v) is 6.20. The molecule has 3 nitrogen and oxygen atoms in total. The van der Waals surface area contributed by atoms with Crippen LogP contribution in [0.15, 0.2) is 89.4 Å². The van der Waals surface area contributed by atoms with Crippen LogP contribution in [0.2, 0.25) is 0 Å². The van der Waals surface area contributed by atoms with Crippen LogP contribution < -0.4 is 10.9 Å². The standard InChI is InChI=1S/C20H17BrN2O/c21-17-13-7-8-14-18(17)22-23-20(24)19(15-9-3-1-4-10-15)16-11-5-2-6-12-16/h1-14,19,22H,(H,23,24). The van der Waals surface area contributed by atoms with E-state index in [1.807, 2.05) is 84.9 Å². The lowest BCUT2D eigenvalue weighted by Crippen LogP contribution is -2.34. The Morgan fingerprint density at radius 1 is 0.750 bits per heavy atom. The van der Waals surface area contributed by atoms with Crippen LogP contribution in [-0.2, 0) is 4.79 Å². The van der Waals surface area contributed by atoms with Crippen LogP contribution in [0.5, 0.6) is 0 Å². The smallest absolute Gasteiger partial charge is 0.250 e. The molecule has 0 aliphatic heterocycles. The average Bonchev–Trinajstić information content (AvgIpc) is 2.63. The van der Waals surface area contributed by atoms with E-state index in [0.717, 1.165) is 21.3 Å². The number of carbonyl (C=O) groups excluding carboxylic acids is 1. The van der Waals surface area contributed by atoms with Gasteiger partial charge in [-0.2, -0.15) is 0 Å². The predicted octanol–water partition coefficient (Wildman–Crippen LogP) is 4.72. The van der Waals surface area contributed by atoms with Gasteiger partial charge in [0, 0.05) is 4.47 Å². The van der Waals surface area contributed by atoms with Crippen molar-refractivity contribution in [3.8, 4) is 0 Å². The Kier molecular flexibility index (Phi) is 5.29. The highest BCUT2D eigenvalue weighted by Gasteiger charge is 2.22. The van der Waals surface area contributed by atoms with Crippen molar-refractivity contribution in [3.05, 3.63) is 101 Å². The summed E-state index contributed by atoms with van der Waals surface area (Å²) in [6.07, 6.45) is 0. The molecule has 3 rings (SSSR count). The second-order valence-electron chi connectivity index (χ2n) is 5.35. The van der Waals surface area contributed by atoms with E-state index >= 15 is 0 Å². The van der Waals surface area contributed by atoms with E-state index in [0.29, 0.717) is 0 Å². The van der Waals surface area contributed by atoms with Gasteiger partial charge in [0.05, 0.1) is 11.6 Å². The molecule has 0 bridgehead atoms. The van der Waals surface area contributed by atoms with Gasteiger partial charge in [0.1, 0.15) is 0 Å². The largest absolute Gasteiger partial charge is 0.297 e. The number of anilines is 1. The van der Waals surface area contributed by atoms with Crippen LogP contribution in [0.3, 0.4) is 0 Å². The van der Waals surface area contributed by atoms with Crippen LogP contribution in [0.4, 0.5) is 5.69 Å². The van der Waals surface area contributed by atoms with Gasteiger partial charge in [0.25, 0.3) is 0 Å². The fourth-order valence-corrected chi connectivity index (χ4v) is 2.93. The van der Waals surface area contributed by atoms with Crippen LogP contribution in [0.25, 0.3) is 0 Å². The van der Waals surface area contributed by atoms with E-state index in [2.05, 4.69) is 26.8 Å². The SMILES string of the molecule is O=C(NNc1ccccc1Br)C(c1ccccc1)c1ccccc1. The number of nitrogens with one attached hydrogen (secondary N) is 2. The van der Waals surface area contributed by atoms with Crippen LogP contribution in [0.1, 0.15) is 17.0 Å². The summed E-state index contributed by atoms with van der Waals surface area (Å²) >= 11 is 3.46. The molecule has 1 amide bonds. The van der Waals surface area contributed by atoms with Crippen molar-refractivity contribution in [2.45, 2.75) is 5.92 Å². The Morgan fingerprint density at radius 2 is 1.25 bits per heavy atom. The Morgan fingerprint density at radius 3 is 1.79 bits per heavy atom. The number of para-hydroxylation sites is 1. The van der Waals surface area contributed by atoms with E-state index in [9.17, 15) is 4.79 Å². The minimum atomic E-state index is -0.373. The zero-order valence-corrected chi connectivity index (χ0v) is 14.5. The summed E-state index contributed by atoms with van der Waals surface area (Å²) in [5.74, 6) is -0.481. The first-order chi connectivity index (χ1) is 11.8. The molecule has 0 atom stereocenters. The number of hydrazine groups is 1. The van der Waals surface area contributed by atoms with Gasteiger partial charge in [-0.25, -0.2) is 0 Å². The summed E-state index contributed by atoms with van der Waals surface area (Å²) in [4.78, 5) is 12.8. The van der Waals surface area contributed by atoms with Gasteiger partial charge < -0.3 is 0 Å². The predicted molar refractivity (Wildman–Crippen MR) is 101 cm³/mol. The lowest BCUT2D eigenvalue weighted by molar-refractivity contribution is -0.121. The summed E-state index contributed by atoms with van der Waals surface area (Å²) < 4.78 is 0.890. The molecule has 0 heterocycles. The second kappa shape index (κ2) is 7.79. The van der Waals surface area contributed by atoms with Crippen molar-refractivity contribution >= 4 is 27.5 Å². The summed E-state index contributed by atoms with van der Waals surface area (Å²) in [5, 5.41) is 0. The molecule has 0 radical (unpaired) electrons. The molecule has 2 N–H and O–H groups in total. The molecule has 0 aromatic heterocycles. The molecule has 24 heavy (non-hydrogen) atoms. The maximum Gasteiger partial charge on any atom is 0.250 e. The highest BCUT2D eigenvalue weighted by Crippen LogP contribution is 2.25. The molecule has 0 fully saturated rings. The molecule has 120 valence electrons. The molecule has 3 aromatic rings. The first kappa shape index (κ1) is 16.3. The molecule has 3 aromatic carbocycles. The van der Waals surface area contributed by atoms with Gasteiger partial charge in [0.2, 0.25) is 5.91 Å². The van der Waals surface area contributed by atoms with Crippen LogP contribution in [-0.4, -0.2) is 5.91 Å². The van der Waals surface area contributed by atoms with Crippen LogP contribution >= 0.6 is 15.9 Å². The molecule has 0 aliphatic rings. The van der Waals surface area contributed by atoms with E-state index < -0.39 is 0 Å². The average molecular weight is 381 g/mol. The molecular formula is C20H17BrN2O. The van der Waals surface area contributed by atoms with Crippen molar-refractivity contribution in [2.24, 2.45) is 0 Å². The number of carbonyl (C=O) groups is 1. The van der Waals surface area contributed by atoms with Gasteiger partial charge >= 0.3 is 0 Å². The Bertz CT molecular complexity index is 767. The number of benzene rings is 3. The van der Waals surface area contributed by atoms with Crippen molar-refractivity contribution in [3.63, 3.8) is 0 Å². The van der Waals surface area contributed by atoms with Gasteiger partial charge in [-0.05, 0) is 39.2 Å². The molecule has 0 aliphatic carbocycles. The Balaban J connectivity index is 1.83. The van der Waals surface area contributed by atoms with E-state index in [-0.39, 0.29) is 11.8 Å². The first-order valence-electron chi connectivity index (χ1n) is 7.66. The number of halogens is 1. The topological polar surface area (TPSA) is 41.1 Å². The monoisotopic (exact) mass is 380 g/mol. The van der Waals surface area contributed by atoms with Crippen molar-refractivity contribution in [2.75, 3.05) is 5.43 Å². The van der Waals surface area contributed by atoms with Gasteiger partial charge in [0.15, 0.2) is 0 Å². The fourth-order valence-electron chi connectivity index (χ4n) is 2.55. The van der Waals surface area contributed by atoms with E-state index in [4.69, 9.17) is 0 Å². The maximum atomic E-state index is 12.8. The summed E-state index contributed by atoms with van der Waals surface area (Å²) in [6, 6.07) is 27.2. The van der Waals surface area contributed by atoms with Crippen molar-refractivity contribution < 1.29 is 4.79 Å². The molecule has 0 saturated carbocycles. The minimum absolute atomic E-state index is 0.108. The van der Waals surface area contributed by atoms with Gasteiger partial charge in [-0.3, -0.25) is 15.6 Å². The number of rotatable bonds is 5. The lowest BCUT2D eigenvalue weighted by atomic mass is 9.91.